The molecule has 0 spiro atoms. The van der Waals surface area contributed by atoms with Crippen molar-refractivity contribution in [2.45, 2.75) is 50.7 Å². The van der Waals surface area contributed by atoms with Crippen LogP contribution in [0, 0.1) is 0 Å². The number of phenolic OH excluding ortho intramolecular Hbond substituents is 1. The molecule has 2 aromatic carbocycles. The van der Waals surface area contributed by atoms with E-state index in [0.29, 0.717) is 36.4 Å². The summed E-state index contributed by atoms with van der Waals surface area (Å²) in [6.45, 7) is 2.78. The predicted molar refractivity (Wildman–Crippen MR) is 120 cm³/mol. The summed E-state index contributed by atoms with van der Waals surface area (Å²) < 4.78 is 10.6. The van der Waals surface area contributed by atoms with Gasteiger partial charge in [0.05, 0.1) is 17.2 Å². The quantitative estimate of drug-likeness (QED) is 0.497. The van der Waals surface area contributed by atoms with Crippen LogP contribution >= 0.6 is 11.6 Å². The first kappa shape index (κ1) is 23.4. The molecule has 0 unspecified atom stereocenters. The molecule has 3 N–H and O–H groups in total. The molecule has 1 aliphatic rings. The van der Waals surface area contributed by atoms with Gasteiger partial charge >= 0.3 is 5.97 Å². The van der Waals surface area contributed by atoms with Gasteiger partial charge in [0.25, 0.3) is 0 Å². The number of halogens is 1. The van der Waals surface area contributed by atoms with Crippen LogP contribution in [0.3, 0.4) is 0 Å². The minimum absolute atomic E-state index is 0.00164. The van der Waals surface area contributed by atoms with Gasteiger partial charge in [-0.1, -0.05) is 23.7 Å². The van der Waals surface area contributed by atoms with Crippen molar-refractivity contribution in [2.75, 3.05) is 19.8 Å². The normalized spacial score (nSPS) is 19.6. The van der Waals surface area contributed by atoms with Gasteiger partial charge in [0.15, 0.2) is 0 Å². The molecule has 1 aliphatic carbocycles. The molecule has 168 valence electrons. The van der Waals surface area contributed by atoms with E-state index in [4.69, 9.17) is 21.1 Å². The average Bonchev–Trinajstić information content (AvgIpc) is 2.79. The number of esters is 1. The molecule has 6 nitrogen and oxygen atoms in total. The van der Waals surface area contributed by atoms with Crippen LogP contribution in [0.2, 0.25) is 5.02 Å². The lowest BCUT2D eigenvalue weighted by Crippen LogP contribution is -2.39. The predicted octanol–water partition coefficient (Wildman–Crippen LogP) is 4.28. The van der Waals surface area contributed by atoms with Crippen molar-refractivity contribution in [3.63, 3.8) is 0 Å². The van der Waals surface area contributed by atoms with Gasteiger partial charge < -0.3 is 25.0 Å². The van der Waals surface area contributed by atoms with Gasteiger partial charge in [-0.3, -0.25) is 0 Å². The summed E-state index contributed by atoms with van der Waals surface area (Å²) in [6, 6.07) is 12.7. The molecule has 0 heterocycles. The number of aliphatic hydroxyl groups excluding tert-OH is 1. The Morgan fingerprint density at radius 1 is 1.16 bits per heavy atom. The molecule has 0 saturated heterocycles. The molecule has 0 amide bonds. The lowest BCUT2D eigenvalue weighted by molar-refractivity contribution is 0.0526. The fourth-order valence-corrected chi connectivity index (χ4v) is 4.04. The topological polar surface area (TPSA) is 88.0 Å². The van der Waals surface area contributed by atoms with Crippen LogP contribution in [0.4, 0.5) is 0 Å². The summed E-state index contributed by atoms with van der Waals surface area (Å²) in [5.74, 6) is 0.720. The second-order valence-electron chi connectivity index (χ2n) is 7.88. The van der Waals surface area contributed by atoms with E-state index in [-0.39, 0.29) is 23.3 Å². The number of rotatable bonds is 9. The Bertz CT molecular complexity index is 850. The summed E-state index contributed by atoms with van der Waals surface area (Å²) in [6.07, 6.45) is 3.56. The Hall–Kier alpha value is -2.28. The van der Waals surface area contributed by atoms with Gasteiger partial charge in [-0.2, -0.15) is 0 Å². The highest BCUT2D eigenvalue weighted by molar-refractivity contribution is 6.32. The first-order valence-corrected chi connectivity index (χ1v) is 11.1. The molecule has 0 radical (unpaired) electrons. The number of ether oxygens (including phenoxy) is 2. The van der Waals surface area contributed by atoms with Gasteiger partial charge in [-0.15, -0.1) is 0 Å². The lowest BCUT2D eigenvalue weighted by Gasteiger charge is -2.30. The minimum atomic E-state index is -0.638. The van der Waals surface area contributed by atoms with Crippen molar-refractivity contribution >= 4 is 17.6 Å². The summed E-state index contributed by atoms with van der Waals surface area (Å²) >= 11 is 5.86. The third-order valence-electron chi connectivity index (χ3n) is 5.62. The van der Waals surface area contributed by atoms with Crippen LogP contribution in [0.5, 0.6) is 11.5 Å². The van der Waals surface area contributed by atoms with Crippen molar-refractivity contribution in [3.05, 3.63) is 58.6 Å². The molecule has 2 aromatic rings. The zero-order valence-corrected chi connectivity index (χ0v) is 18.5. The summed E-state index contributed by atoms with van der Waals surface area (Å²) in [5, 5.41) is 23.3. The van der Waals surface area contributed by atoms with Crippen LogP contribution in [0.25, 0.3) is 0 Å². The Morgan fingerprint density at radius 2 is 1.87 bits per heavy atom. The molecule has 0 aliphatic heterocycles. The number of nitrogens with one attached hydrogen (secondary N) is 1. The molecule has 1 fully saturated rings. The number of aromatic hydroxyl groups is 1. The fourth-order valence-electron chi connectivity index (χ4n) is 3.87. The molecule has 1 saturated carbocycles. The maximum absolute atomic E-state index is 11.8. The number of aliphatic hydroxyl groups is 1. The van der Waals surface area contributed by atoms with Crippen molar-refractivity contribution in [1.29, 1.82) is 0 Å². The first-order chi connectivity index (χ1) is 15.0. The molecule has 31 heavy (non-hydrogen) atoms. The zero-order valence-electron chi connectivity index (χ0n) is 17.7. The molecule has 1 atom stereocenters. The Labute approximate surface area is 188 Å². The Balaban J connectivity index is 1.37. The van der Waals surface area contributed by atoms with Gasteiger partial charge in [-0.25, -0.2) is 4.79 Å². The maximum atomic E-state index is 11.8. The van der Waals surface area contributed by atoms with Crippen molar-refractivity contribution in [1.82, 2.24) is 5.32 Å². The summed E-state index contributed by atoms with van der Waals surface area (Å²) in [4.78, 5) is 11.8. The summed E-state index contributed by atoms with van der Waals surface area (Å²) in [5.41, 5.74) is 1.85. The zero-order chi connectivity index (χ0) is 22.2. The highest BCUT2D eigenvalue weighted by Gasteiger charge is 2.23. The third kappa shape index (κ3) is 6.86. The molecule has 7 heteroatoms. The van der Waals surface area contributed by atoms with Gasteiger partial charge in [0.1, 0.15) is 24.2 Å². The van der Waals surface area contributed by atoms with E-state index in [1.165, 1.54) is 17.7 Å². The number of hydrogen-bond acceptors (Lipinski definition) is 6. The van der Waals surface area contributed by atoms with Crippen LogP contribution in [-0.2, 0) is 4.74 Å². The third-order valence-corrected chi connectivity index (χ3v) is 5.93. The fraction of sp³-hybridized carbons (Fsp3) is 0.458. The van der Waals surface area contributed by atoms with Crippen molar-refractivity contribution in [2.24, 2.45) is 0 Å². The minimum Gasteiger partial charge on any atom is -0.506 e. The number of carbonyl (C=O) groups is 1. The van der Waals surface area contributed by atoms with Gasteiger partial charge in [0, 0.05) is 18.7 Å². The lowest BCUT2D eigenvalue weighted by atomic mass is 9.81. The first-order valence-electron chi connectivity index (χ1n) is 10.8. The standard InChI is InChI=1S/C24H30ClNO5/c1-2-30-24(29)18-5-3-16(4-6-18)17-7-9-19(10-8-17)26-14-20(27)15-31-21-11-12-23(28)22(25)13-21/h3-6,11-13,17,19-20,26-28H,2,7-10,14-15H2,1H3/t17-,19-,20-/m0/s1. The van der Waals surface area contributed by atoms with Crippen LogP contribution in [0.15, 0.2) is 42.5 Å². The van der Waals surface area contributed by atoms with Gasteiger partial charge in [0.2, 0.25) is 0 Å². The van der Waals surface area contributed by atoms with Crippen LogP contribution in [0.1, 0.15) is 54.4 Å². The molecule has 3 rings (SSSR count). The molecular weight excluding hydrogens is 418 g/mol. The van der Waals surface area contributed by atoms with E-state index < -0.39 is 6.10 Å². The number of carbonyl (C=O) groups excluding carboxylic acids is 1. The molecule has 0 aromatic heterocycles. The number of benzene rings is 2. The van der Waals surface area contributed by atoms with E-state index in [0.717, 1.165) is 25.7 Å². The van der Waals surface area contributed by atoms with Crippen LogP contribution in [-0.4, -0.2) is 48.1 Å². The van der Waals surface area contributed by atoms with E-state index >= 15 is 0 Å². The Kier molecular flexibility index (Phi) is 8.58. The maximum Gasteiger partial charge on any atom is 0.338 e. The van der Waals surface area contributed by atoms with Crippen molar-refractivity contribution in [3.8, 4) is 11.5 Å². The largest absolute Gasteiger partial charge is 0.506 e. The molecule has 0 bridgehead atoms. The van der Waals surface area contributed by atoms with E-state index in [2.05, 4.69) is 5.32 Å². The van der Waals surface area contributed by atoms with Crippen LogP contribution < -0.4 is 10.1 Å². The Morgan fingerprint density at radius 3 is 2.52 bits per heavy atom. The number of hydrogen-bond donors (Lipinski definition) is 3. The summed E-state index contributed by atoms with van der Waals surface area (Å²) in [7, 11) is 0. The van der Waals surface area contributed by atoms with E-state index in [1.54, 1.807) is 13.0 Å². The highest BCUT2D eigenvalue weighted by atomic mass is 35.5. The smallest absolute Gasteiger partial charge is 0.338 e. The highest BCUT2D eigenvalue weighted by Crippen LogP contribution is 2.33. The second kappa shape index (κ2) is 11.4. The van der Waals surface area contributed by atoms with Crippen molar-refractivity contribution < 1.29 is 24.5 Å². The van der Waals surface area contributed by atoms with Gasteiger partial charge in [-0.05, 0) is 68.4 Å². The number of phenols is 1. The second-order valence-corrected chi connectivity index (χ2v) is 8.28. The average molecular weight is 448 g/mol. The monoisotopic (exact) mass is 447 g/mol. The van der Waals surface area contributed by atoms with E-state index in [1.807, 2.05) is 24.3 Å². The van der Waals surface area contributed by atoms with E-state index in [9.17, 15) is 15.0 Å². The molecular formula is C24H30ClNO5. The SMILES string of the molecule is CCOC(=O)c1ccc([C@H]2CC[C@H](NC[C@H](O)COc3ccc(O)c(Cl)c3)CC2)cc1.